The number of nitrogens with one attached hydrogen (secondary N) is 6. The Morgan fingerprint density at radius 1 is 0.765 bits per heavy atom. The van der Waals surface area contributed by atoms with Crippen molar-refractivity contribution in [3.05, 3.63) is 35.9 Å². The van der Waals surface area contributed by atoms with Crippen molar-refractivity contribution in [3.63, 3.8) is 0 Å². The van der Waals surface area contributed by atoms with Crippen LogP contribution in [0.5, 0.6) is 0 Å². The lowest BCUT2D eigenvalue weighted by Gasteiger charge is -2.19. The molecule has 1 aromatic carbocycles. The molecule has 0 saturated carbocycles. The van der Waals surface area contributed by atoms with Gasteiger partial charge < -0.3 is 36.6 Å². The van der Waals surface area contributed by atoms with E-state index in [1.54, 1.807) is 44.2 Å². The Morgan fingerprint density at radius 2 is 1.37 bits per heavy atom. The van der Waals surface area contributed by atoms with Crippen molar-refractivity contribution >= 4 is 53.0 Å². The highest BCUT2D eigenvalue weighted by atomic mass is 16.5. The molecule has 6 N–H and O–H groups in total. The molecule has 1 aromatic rings. The number of nitrogens with zero attached hydrogens (tertiary/aromatic N) is 1. The van der Waals surface area contributed by atoms with E-state index in [4.69, 9.17) is 4.74 Å². The monoisotopic (exact) mass is 715 g/mol. The lowest BCUT2D eigenvalue weighted by atomic mass is 9.94. The average Bonchev–Trinajstić information content (AvgIpc) is 3.38. The van der Waals surface area contributed by atoms with Gasteiger partial charge in [0.1, 0.15) is 19.4 Å². The summed E-state index contributed by atoms with van der Waals surface area (Å²) in [7, 11) is 0. The van der Waals surface area contributed by atoms with E-state index < -0.39 is 61.1 Å². The lowest BCUT2D eigenvalue weighted by Crippen LogP contribution is -2.52. The zero-order chi connectivity index (χ0) is 37.9. The van der Waals surface area contributed by atoms with Gasteiger partial charge in [0.15, 0.2) is 5.78 Å². The van der Waals surface area contributed by atoms with Crippen LogP contribution in [0.4, 0.5) is 0 Å². The summed E-state index contributed by atoms with van der Waals surface area (Å²) in [5.74, 6) is -4.87. The summed E-state index contributed by atoms with van der Waals surface area (Å²) in [6, 6.07) is 7.73. The number of carbonyl (C=O) groups excluding carboxylic acids is 9. The molecule has 2 unspecified atom stereocenters. The number of benzene rings is 1. The van der Waals surface area contributed by atoms with Gasteiger partial charge >= 0.3 is 0 Å². The molecular weight excluding hydrogens is 666 g/mol. The zero-order valence-corrected chi connectivity index (χ0v) is 29.5. The number of likely N-dealkylation sites (tertiary alicyclic amines) is 1. The number of ketones is 1. The van der Waals surface area contributed by atoms with E-state index in [1.807, 2.05) is 13.8 Å². The molecule has 0 aliphatic carbocycles. The molecule has 0 bridgehead atoms. The summed E-state index contributed by atoms with van der Waals surface area (Å²) < 4.78 is 5.11. The zero-order valence-electron chi connectivity index (χ0n) is 29.5. The van der Waals surface area contributed by atoms with Crippen LogP contribution >= 0.6 is 0 Å². The fourth-order valence-electron chi connectivity index (χ4n) is 4.70. The highest BCUT2D eigenvalue weighted by Gasteiger charge is 2.39. The SMILES string of the molecule is CC(C)C(=O)COCNC(=O)CNC(=O)C(Cc1ccccc1)NC(=O)CNC(=O)CNC(=O)CCNC(=O)CCN1C(=O)CC(C(C)C)C1=O. The third-order valence-corrected chi connectivity index (χ3v) is 7.83. The molecule has 0 spiro atoms. The minimum atomic E-state index is -1.09. The van der Waals surface area contributed by atoms with Crippen LogP contribution in [0.3, 0.4) is 0 Å². The first-order valence-electron chi connectivity index (χ1n) is 16.8. The first-order valence-corrected chi connectivity index (χ1v) is 16.8. The third-order valence-electron chi connectivity index (χ3n) is 7.83. The molecule has 0 aromatic heterocycles. The quantitative estimate of drug-likeness (QED) is 0.0452. The van der Waals surface area contributed by atoms with E-state index in [0.717, 1.165) is 10.5 Å². The number of rotatable bonds is 22. The van der Waals surface area contributed by atoms with E-state index in [0.29, 0.717) is 0 Å². The molecule has 17 heteroatoms. The van der Waals surface area contributed by atoms with Crippen molar-refractivity contribution in [2.45, 2.75) is 59.4 Å². The molecule has 280 valence electrons. The second-order valence-electron chi connectivity index (χ2n) is 12.6. The number of hydrogen-bond donors (Lipinski definition) is 6. The van der Waals surface area contributed by atoms with Crippen LogP contribution in [0.1, 0.15) is 52.5 Å². The van der Waals surface area contributed by atoms with Crippen molar-refractivity contribution in [1.82, 2.24) is 36.8 Å². The first kappa shape index (κ1) is 42.0. The van der Waals surface area contributed by atoms with E-state index in [-0.39, 0.29) is 87.5 Å². The Morgan fingerprint density at radius 3 is 2.02 bits per heavy atom. The van der Waals surface area contributed by atoms with Crippen LogP contribution in [-0.2, 0) is 54.3 Å². The van der Waals surface area contributed by atoms with Crippen LogP contribution < -0.4 is 31.9 Å². The van der Waals surface area contributed by atoms with E-state index in [2.05, 4.69) is 31.9 Å². The number of carbonyl (C=O) groups is 9. The fourth-order valence-corrected chi connectivity index (χ4v) is 4.70. The predicted octanol–water partition coefficient (Wildman–Crippen LogP) is -1.69. The molecule has 2 atom stereocenters. The summed E-state index contributed by atoms with van der Waals surface area (Å²) in [5.41, 5.74) is 0.727. The van der Waals surface area contributed by atoms with Crippen LogP contribution in [-0.4, -0.2) is 110 Å². The standard InChI is InChI=1S/C34H49N7O10/c1-21(2)24-15-32(48)41(34(24)50)13-11-28(44)35-12-10-27(43)36-16-29(45)37-18-31(47)40-25(14-23-8-6-5-7-9-23)33(49)38-17-30(46)39-20-51-19-26(42)22(3)4/h5-9,21-22,24-25H,10-20H2,1-4H3,(H,35,44)(H,36,43)(H,37,45)(H,38,49)(H,39,46)(H,40,47). The number of imide groups is 1. The van der Waals surface area contributed by atoms with E-state index in [1.165, 1.54) is 0 Å². The van der Waals surface area contributed by atoms with Crippen molar-refractivity contribution in [3.8, 4) is 0 Å². The summed E-state index contributed by atoms with van der Waals surface area (Å²) in [6.07, 6.45) is -0.0221. The summed E-state index contributed by atoms with van der Waals surface area (Å²) in [5, 5.41) is 14.7. The van der Waals surface area contributed by atoms with Gasteiger partial charge in [-0.1, -0.05) is 58.0 Å². The number of amides is 8. The van der Waals surface area contributed by atoms with Gasteiger partial charge in [-0.15, -0.1) is 0 Å². The van der Waals surface area contributed by atoms with Crippen molar-refractivity contribution in [2.75, 3.05) is 46.1 Å². The van der Waals surface area contributed by atoms with Gasteiger partial charge in [-0.05, 0) is 11.5 Å². The summed E-state index contributed by atoms with van der Waals surface area (Å²) >= 11 is 0. The lowest BCUT2D eigenvalue weighted by molar-refractivity contribution is -0.140. The molecule has 1 saturated heterocycles. The Hall–Kier alpha value is -5.19. The second kappa shape index (κ2) is 21.8. The Labute approximate surface area is 296 Å². The van der Waals surface area contributed by atoms with Crippen LogP contribution in [0.15, 0.2) is 30.3 Å². The first-order chi connectivity index (χ1) is 24.2. The number of hydrogen-bond acceptors (Lipinski definition) is 10. The highest BCUT2D eigenvalue weighted by molar-refractivity contribution is 6.04. The summed E-state index contributed by atoms with van der Waals surface area (Å²) in [4.78, 5) is 111. The average molecular weight is 716 g/mol. The van der Waals surface area contributed by atoms with Crippen LogP contribution in [0.25, 0.3) is 0 Å². The highest BCUT2D eigenvalue weighted by Crippen LogP contribution is 2.26. The van der Waals surface area contributed by atoms with Gasteiger partial charge in [-0.25, -0.2) is 0 Å². The maximum atomic E-state index is 12.9. The van der Waals surface area contributed by atoms with Gasteiger partial charge in [-0.3, -0.25) is 48.1 Å². The summed E-state index contributed by atoms with van der Waals surface area (Å²) in [6.45, 7) is 5.34. The van der Waals surface area contributed by atoms with E-state index >= 15 is 0 Å². The minimum Gasteiger partial charge on any atom is -0.356 e. The normalized spacial score (nSPS) is 14.5. The van der Waals surface area contributed by atoms with Gasteiger partial charge in [0, 0.05) is 50.6 Å². The molecule has 1 heterocycles. The van der Waals surface area contributed by atoms with Gasteiger partial charge in [-0.2, -0.15) is 0 Å². The van der Waals surface area contributed by atoms with Crippen molar-refractivity contribution in [1.29, 1.82) is 0 Å². The second-order valence-corrected chi connectivity index (χ2v) is 12.6. The Kier molecular flexibility index (Phi) is 17.9. The minimum absolute atomic E-state index is 0.0172. The predicted molar refractivity (Wildman–Crippen MR) is 182 cm³/mol. The molecule has 17 nitrogen and oxygen atoms in total. The van der Waals surface area contributed by atoms with Gasteiger partial charge in [0.2, 0.25) is 47.3 Å². The smallest absolute Gasteiger partial charge is 0.243 e. The molecule has 1 aliphatic heterocycles. The maximum Gasteiger partial charge on any atom is 0.243 e. The largest absolute Gasteiger partial charge is 0.356 e. The Balaban J connectivity index is 1.70. The molecule has 51 heavy (non-hydrogen) atoms. The molecule has 2 rings (SSSR count). The topological polar surface area (TPSA) is 238 Å². The van der Waals surface area contributed by atoms with E-state index in [9.17, 15) is 43.2 Å². The van der Waals surface area contributed by atoms with Crippen LogP contribution in [0.2, 0.25) is 0 Å². The van der Waals surface area contributed by atoms with Gasteiger partial charge in [0.05, 0.1) is 19.6 Å². The third kappa shape index (κ3) is 15.9. The molecule has 1 aliphatic rings. The Bertz CT molecular complexity index is 1420. The molecule has 1 fully saturated rings. The molecule has 8 amide bonds. The van der Waals surface area contributed by atoms with Crippen LogP contribution in [0, 0.1) is 17.8 Å². The fraction of sp³-hybridized carbons (Fsp3) is 0.559. The maximum absolute atomic E-state index is 12.9. The van der Waals surface area contributed by atoms with Crippen molar-refractivity contribution in [2.24, 2.45) is 17.8 Å². The molecular formula is C34H49N7O10. The molecule has 0 radical (unpaired) electrons. The number of ether oxygens (including phenoxy) is 1. The number of Topliss-reactive ketones (excluding diaryl/α,β-unsaturated/α-hetero) is 1. The van der Waals surface area contributed by atoms with Crippen molar-refractivity contribution < 1.29 is 47.9 Å². The van der Waals surface area contributed by atoms with Gasteiger partial charge in [0.25, 0.3) is 0 Å².